The summed E-state index contributed by atoms with van der Waals surface area (Å²) in [5.74, 6) is -4.64. The molecule has 0 bridgehead atoms. The Kier molecular flexibility index (Phi) is 8.38. The van der Waals surface area contributed by atoms with Crippen molar-refractivity contribution in [3.05, 3.63) is 0 Å². The third-order valence-electron chi connectivity index (χ3n) is 2.02. The lowest BCUT2D eigenvalue weighted by Gasteiger charge is -2.11. The van der Waals surface area contributed by atoms with Crippen LogP contribution < -0.4 is 0 Å². The van der Waals surface area contributed by atoms with Crippen molar-refractivity contribution >= 4 is 30.0 Å². The number of hydrogen-bond acceptors (Lipinski definition) is 9. The van der Waals surface area contributed by atoms with Crippen LogP contribution in [-0.2, 0) is 33.4 Å². The molecular weight excluding hydrogens is 304 g/mol. The zero-order chi connectivity index (χ0) is 17.3. The molecule has 10 nitrogen and oxygen atoms in total. The molecule has 0 spiro atoms. The minimum atomic E-state index is -1.54. The molecule has 10 heteroatoms. The van der Waals surface area contributed by atoms with Gasteiger partial charge in [0.2, 0.25) is 0 Å². The fourth-order valence-electron chi connectivity index (χ4n) is 1.05. The van der Waals surface area contributed by atoms with E-state index in [1.807, 2.05) is 0 Å². The number of carboxylic acid groups (broad SMARTS) is 1. The van der Waals surface area contributed by atoms with Gasteiger partial charge in [-0.25, -0.2) is 9.59 Å². The number of ether oxygens (including phenoxy) is 3. The van der Waals surface area contributed by atoms with Crippen LogP contribution in [0.3, 0.4) is 0 Å². The molecule has 2 unspecified atom stereocenters. The smallest absolute Gasteiger partial charge is 0.481 e. The Labute approximate surface area is 124 Å². The maximum atomic E-state index is 11.3. The highest BCUT2D eigenvalue weighted by Gasteiger charge is 2.24. The molecule has 0 rings (SSSR count). The van der Waals surface area contributed by atoms with E-state index in [2.05, 4.69) is 14.2 Å². The van der Waals surface area contributed by atoms with Crippen molar-refractivity contribution in [2.75, 3.05) is 0 Å². The summed E-state index contributed by atoms with van der Waals surface area (Å²) in [6, 6.07) is 0. The first-order valence-corrected chi connectivity index (χ1v) is 6.17. The first-order chi connectivity index (χ1) is 10.1. The second-order valence-corrected chi connectivity index (χ2v) is 4.22. The minimum Gasteiger partial charge on any atom is -0.481 e. The molecule has 0 amide bonds. The molecule has 0 aliphatic heterocycles. The van der Waals surface area contributed by atoms with Gasteiger partial charge in [-0.2, -0.15) is 0 Å². The van der Waals surface area contributed by atoms with E-state index in [4.69, 9.17) is 10.2 Å². The topological polar surface area (TPSA) is 154 Å². The highest BCUT2D eigenvalue weighted by Crippen LogP contribution is 2.02. The van der Waals surface area contributed by atoms with Gasteiger partial charge >= 0.3 is 30.0 Å². The SMILES string of the molecule is CC(O)CC(=O)OC(=O)OC(C)C(=O)OC(=O)CCC(=O)O. The Morgan fingerprint density at radius 2 is 1.55 bits per heavy atom. The van der Waals surface area contributed by atoms with Crippen LogP contribution in [-0.4, -0.2) is 52.5 Å². The van der Waals surface area contributed by atoms with Crippen LogP contribution in [0.5, 0.6) is 0 Å². The van der Waals surface area contributed by atoms with Crippen LogP contribution in [0, 0.1) is 0 Å². The summed E-state index contributed by atoms with van der Waals surface area (Å²) < 4.78 is 12.8. The molecule has 0 saturated heterocycles. The average Bonchev–Trinajstić information content (AvgIpc) is 2.34. The van der Waals surface area contributed by atoms with Gasteiger partial charge < -0.3 is 24.4 Å². The van der Waals surface area contributed by atoms with E-state index in [1.54, 1.807) is 0 Å². The van der Waals surface area contributed by atoms with Crippen LogP contribution in [0.15, 0.2) is 0 Å². The van der Waals surface area contributed by atoms with Crippen molar-refractivity contribution in [3.8, 4) is 0 Å². The molecule has 0 aliphatic carbocycles. The maximum absolute atomic E-state index is 11.3. The predicted octanol–water partition coefficient (Wildman–Crippen LogP) is -0.240. The molecule has 124 valence electrons. The van der Waals surface area contributed by atoms with Crippen LogP contribution in [0.1, 0.15) is 33.1 Å². The number of esters is 3. The number of aliphatic hydroxyl groups excluding tert-OH is 1. The summed E-state index contributed by atoms with van der Waals surface area (Å²) in [7, 11) is 0. The molecule has 22 heavy (non-hydrogen) atoms. The van der Waals surface area contributed by atoms with Crippen molar-refractivity contribution in [1.29, 1.82) is 0 Å². The van der Waals surface area contributed by atoms with Crippen LogP contribution in [0.25, 0.3) is 0 Å². The monoisotopic (exact) mass is 320 g/mol. The van der Waals surface area contributed by atoms with E-state index in [-0.39, 0.29) is 0 Å². The summed E-state index contributed by atoms with van der Waals surface area (Å²) in [6.07, 6.45) is -5.53. The van der Waals surface area contributed by atoms with Gasteiger partial charge in [0.15, 0.2) is 6.10 Å². The number of carbonyl (C=O) groups is 5. The third kappa shape index (κ3) is 9.42. The van der Waals surface area contributed by atoms with Crippen LogP contribution >= 0.6 is 0 Å². The average molecular weight is 320 g/mol. The predicted molar refractivity (Wildman–Crippen MR) is 66.3 cm³/mol. The molecule has 2 N–H and O–H groups in total. The van der Waals surface area contributed by atoms with Crippen LogP contribution in [0.4, 0.5) is 4.79 Å². The number of aliphatic hydroxyl groups is 1. The van der Waals surface area contributed by atoms with Crippen molar-refractivity contribution < 1.29 is 48.4 Å². The van der Waals surface area contributed by atoms with E-state index >= 15 is 0 Å². The zero-order valence-corrected chi connectivity index (χ0v) is 11.9. The Balaban J connectivity index is 4.18. The normalized spacial score (nSPS) is 12.7. The molecule has 0 saturated carbocycles. The van der Waals surface area contributed by atoms with E-state index in [0.29, 0.717) is 0 Å². The van der Waals surface area contributed by atoms with E-state index < -0.39 is 61.5 Å². The van der Waals surface area contributed by atoms with Crippen LogP contribution in [0.2, 0.25) is 0 Å². The molecule has 0 heterocycles. The van der Waals surface area contributed by atoms with E-state index in [9.17, 15) is 24.0 Å². The van der Waals surface area contributed by atoms with Crippen molar-refractivity contribution in [2.45, 2.75) is 45.3 Å². The highest BCUT2D eigenvalue weighted by atomic mass is 16.8. The van der Waals surface area contributed by atoms with Gasteiger partial charge in [-0.05, 0) is 13.8 Å². The maximum Gasteiger partial charge on any atom is 0.517 e. The van der Waals surface area contributed by atoms with Gasteiger partial charge in [0.25, 0.3) is 0 Å². The van der Waals surface area contributed by atoms with Gasteiger partial charge in [-0.3, -0.25) is 14.4 Å². The molecule has 0 aromatic rings. The Bertz CT molecular complexity index is 453. The summed E-state index contributed by atoms with van der Waals surface area (Å²) >= 11 is 0. The van der Waals surface area contributed by atoms with Gasteiger partial charge in [0.05, 0.1) is 25.4 Å². The quantitative estimate of drug-likeness (QED) is 0.474. The molecular formula is C12H16O10. The minimum absolute atomic E-state index is 0.443. The zero-order valence-electron chi connectivity index (χ0n) is 11.9. The van der Waals surface area contributed by atoms with Gasteiger partial charge in [-0.15, -0.1) is 0 Å². The Morgan fingerprint density at radius 1 is 0.955 bits per heavy atom. The lowest BCUT2D eigenvalue weighted by molar-refractivity contribution is -0.168. The van der Waals surface area contributed by atoms with Crippen molar-refractivity contribution in [2.24, 2.45) is 0 Å². The Morgan fingerprint density at radius 3 is 2.05 bits per heavy atom. The fourth-order valence-corrected chi connectivity index (χ4v) is 1.05. The van der Waals surface area contributed by atoms with E-state index in [1.165, 1.54) is 6.92 Å². The highest BCUT2D eigenvalue weighted by molar-refractivity contribution is 5.90. The number of hydrogen-bond donors (Lipinski definition) is 2. The number of carboxylic acids is 1. The first-order valence-electron chi connectivity index (χ1n) is 6.17. The lowest BCUT2D eigenvalue weighted by Crippen LogP contribution is -2.29. The molecule has 0 aromatic heterocycles. The third-order valence-corrected chi connectivity index (χ3v) is 2.02. The van der Waals surface area contributed by atoms with Gasteiger partial charge in [0, 0.05) is 0 Å². The molecule has 0 aromatic carbocycles. The second kappa shape index (κ2) is 9.45. The second-order valence-electron chi connectivity index (χ2n) is 4.22. The number of rotatable bonds is 7. The van der Waals surface area contributed by atoms with Gasteiger partial charge in [-0.1, -0.05) is 0 Å². The van der Waals surface area contributed by atoms with Crippen molar-refractivity contribution in [1.82, 2.24) is 0 Å². The number of aliphatic carboxylic acids is 1. The van der Waals surface area contributed by atoms with Crippen molar-refractivity contribution in [3.63, 3.8) is 0 Å². The lowest BCUT2D eigenvalue weighted by atomic mass is 10.3. The molecule has 2 atom stereocenters. The first kappa shape index (κ1) is 19.5. The Hall–Kier alpha value is -2.49. The molecule has 0 fully saturated rings. The standard InChI is InChI=1S/C12H16O10/c1-6(13)5-10(17)22-12(19)20-7(2)11(18)21-9(16)4-3-8(14)15/h6-7,13H,3-5H2,1-2H3,(H,14,15). The summed E-state index contributed by atoms with van der Waals surface area (Å²) in [5, 5.41) is 17.2. The summed E-state index contributed by atoms with van der Waals surface area (Å²) in [6.45, 7) is 2.36. The largest absolute Gasteiger partial charge is 0.517 e. The van der Waals surface area contributed by atoms with E-state index in [0.717, 1.165) is 6.92 Å². The number of carbonyl (C=O) groups excluding carboxylic acids is 4. The fraction of sp³-hybridized carbons (Fsp3) is 0.583. The summed E-state index contributed by atoms with van der Waals surface area (Å²) in [5.41, 5.74) is 0. The van der Waals surface area contributed by atoms with Gasteiger partial charge in [0.1, 0.15) is 0 Å². The molecule has 0 aliphatic rings. The summed E-state index contributed by atoms with van der Waals surface area (Å²) in [4.78, 5) is 54.8. The molecule has 0 radical (unpaired) electrons.